The number of rotatable bonds is 6. The highest BCUT2D eigenvalue weighted by Crippen LogP contribution is 2.48. The van der Waals surface area contributed by atoms with Crippen LogP contribution in [0.4, 0.5) is 0 Å². The van der Waals surface area contributed by atoms with Crippen molar-refractivity contribution in [1.29, 1.82) is 0 Å². The molecule has 1 amide bonds. The maximum Gasteiger partial charge on any atom is 0.326 e. The standard InChI is InChI=1S/C18H19NO5/c20-16(14-11-6-7-12(9-11)15(14)18(23)24)19-13(17(21)22)8-10-4-2-1-3-5-10/h1-7,11-15H,8-9H2,(H,19,20)(H,21,22)(H,23,24)/t11-,12-,13+,14-,15-/m0/s1. The van der Waals surface area contributed by atoms with Gasteiger partial charge in [0.25, 0.3) is 0 Å². The zero-order valence-electron chi connectivity index (χ0n) is 13.0. The van der Waals surface area contributed by atoms with Crippen LogP contribution in [0.25, 0.3) is 0 Å². The molecule has 0 spiro atoms. The first-order valence-electron chi connectivity index (χ1n) is 7.95. The topological polar surface area (TPSA) is 104 Å². The van der Waals surface area contributed by atoms with E-state index < -0.39 is 35.7 Å². The van der Waals surface area contributed by atoms with Crippen LogP contribution < -0.4 is 5.32 Å². The molecule has 2 aliphatic rings. The van der Waals surface area contributed by atoms with Crippen molar-refractivity contribution in [2.24, 2.45) is 23.7 Å². The monoisotopic (exact) mass is 329 g/mol. The number of allylic oxidation sites excluding steroid dienone is 2. The second-order valence-corrected chi connectivity index (χ2v) is 6.43. The van der Waals surface area contributed by atoms with E-state index in [1.807, 2.05) is 18.2 Å². The van der Waals surface area contributed by atoms with Gasteiger partial charge < -0.3 is 15.5 Å². The Morgan fingerprint density at radius 1 is 1.04 bits per heavy atom. The molecule has 24 heavy (non-hydrogen) atoms. The molecule has 0 heterocycles. The van der Waals surface area contributed by atoms with Crippen LogP contribution in [0.5, 0.6) is 0 Å². The van der Waals surface area contributed by atoms with Gasteiger partial charge in [-0.2, -0.15) is 0 Å². The molecular formula is C18H19NO5. The number of nitrogens with one attached hydrogen (secondary N) is 1. The number of amides is 1. The minimum atomic E-state index is -1.13. The Labute approximate surface area is 139 Å². The molecule has 5 atom stereocenters. The van der Waals surface area contributed by atoms with E-state index in [1.54, 1.807) is 24.3 Å². The van der Waals surface area contributed by atoms with E-state index in [0.29, 0.717) is 6.42 Å². The van der Waals surface area contributed by atoms with Crippen LogP contribution in [0, 0.1) is 23.7 Å². The Morgan fingerprint density at radius 3 is 2.25 bits per heavy atom. The Bertz CT molecular complexity index is 684. The Balaban J connectivity index is 1.73. The first kappa shape index (κ1) is 16.2. The van der Waals surface area contributed by atoms with Crippen LogP contribution in [0.1, 0.15) is 12.0 Å². The Morgan fingerprint density at radius 2 is 1.67 bits per heavy atom. The first-order valence-corrected chi connectivity index (χ1v) is 7.95. The molecule has 2 bridgehead atoms. The van der Waals surface area contributed by atoms with E-state index in [9.17, 15) is 24.6 Å². The summed E-state index contributed by atoms with van der Waals surface area (Å²) < 4.78 is 0. The second-order valence-electron chi connectivity index (χ2n) is 6.43. The number of carbonyl (C=O) groups excluding carboxylic acids is 1. The van der Waals surface area contributed by atoms with Gasteiger partial charge in [-0.25, -0.2) is 4.79 Å². The van der Waals surface area contributed by atoms with E-state index in [0.717, 1.165) is 5.56 Å². The zero-order valence-corrected chi connectivity index (χ0v) is 13.0. The molecule has 1 saturated carbocycles. The summed E-state index contributed by atoms with van der Waals surface area (Å²) in [4.78, 5) is 35.6. The first-order chi connectivity index (χ1) is 11.5. The quantitative estimate of drug-likeness (QED) is 0.683. The van der Waals surface area contributed by atoms with Gasteiger partial charge in [-0.1, -0.05) is 42.5 Å². The fraction of sp³-hybridized carbons (Fsp3) is 0.389. The lowest BCUT2D eigenvalue weighted by Gasteiger charge is -2.25. The average Bonchev–Trinajstić information content (AvgIpc) is 3.16. The molecule has 1 aromatic carbocycles. The summed E-state index contributed by atoms with van der Waals surface area (Å²) in [5.74, 6) is -4.34. The number of carboxylic acid groups (broad SMARTS) is 2. The predicted molar refractivity (Wildman–Crippen MR) is 85.1 cm³/mol. The number of benzene rings is 1. The van der Waals surface area contributed by atoms with Gasteiger partial charge in [0.05, 0.1) is 11.8 Å². The van der Waals surface area contributed by atoms with Crippen LogP contribution in [0.15, 0.2) is 42.5 Å². The molecule has 6 nitrogen and oxygen atoms in total. The van der Waals surface area contributed by atoms with Gasteiger partial charge in [0.1, 0.15) is 6.04 Å². The van der Waals surface area contributed by atoms with E-state index >= 15 is 0 Å². The third-order valence-corrected chi connectivity index (χ3v) is 4.94. The summed E-state index contributed by atoms with van der Waals surface area (Å²) in [6, 6.07) is 7.95. The fourth-order valence-corrected chi connectivity index (χ4v) is 3.83. The number of aliphatic carboxylic acids is 2. The number of hydrogen-bond acceptors (Lipinski definition) is 3. The molecular weight excluding hydrogens is 310 g/mol. The lowest BCUT2D eigenvalue weighted by molar-refractivity contribution is -0.148. The van der Waals surface area contributed by atoms with Crippen molar-refractivity contribution in [2.75, 3.05) is 0 Å². The predicted octanol–water partition coefficient (Wildman–Crippen LogP) is 1.32. The highest BCUT2D eigenvalue weighted by atomic mass is 16.4. The molecule has 1 aromatic rings. The molecule has 2 aliphatic carbocycles. The van der Waals surface area contributed by atoms with Gasteiger partial charge in [0, 0.05) is 6.42 Å². The Kier molecular flexibility index (Phi) is 4.38. The van der Waals surface area contributed by atoms with Crippen molar-refractivity contribution in [3.8, 4) is 0 Å². The number of fused-ring (bicyclic) bond motifs is 2. The molecule has 0 unspecified atom stereocenters. The van der Waals surface area contributed by atoms with E-state index in [-0.39, 0.29) is 18.3 Å². The van der Waals surface area contributed by atoms with E-state index in [1.165, 1.54) is 0 Å². The number of carboxylic acids is 2. The average molecular weight is 329 g/mol. The zero-order chi connectivity index (χ0) is 17.3. The van der Waals surface area contributed by atoms with Crippen molar-refractivity contribution in [3.05, 3.63) is 48.0 Å². The third-order valence-electron chi connectivity index (χ3n) is 4.94. The van der Waals surface area contributed by atoms with Gasteiger partial charge in [-0.15, -0.1) is 0 Å². The van der Waals surface area contributed by atoms with Crippen molar-refractivity contribution in [1.82, 2.24) is 5.32 Å². The van der Waals surface area contributed by atoms with Crippen LogP contribution >= 0.6 is 0 Å². The van der Waals surface area contributed by atoms with Crippen molar-refractivity contribution < 1.29 is 24.6 Å². The molecule has 3 N–H and O–H groups in total. The lowest BCUT2D eigenvalue weighted by atomic mass is 9.82. The summed E-state index contributed by atoms with van der Waals surface area (Å²) in [7, 11) is 0. The number of hydrogen-bond donors (Lipinski definition) is 3. The van der Waals surface area contributed by atoms with Gasteiger partial charge in [0.2, 0.25) is 5.91 Å². The van der Waals surface area contributed by atoms with Gasteiger partial charge in [-0.3, -0.25) is 9.59 Å². The van der Waals surface area contributed by atoms with Crippen molar-refractivity contribution in [2.45, 2.75) is 18.9 Å². The number of carbonyl (C=O) groups is 3. The fourth-order valence-electron chi connectivity index (χ4n) is 3.83. The van der Waals surface area contributed by atoms with Crippen molar-refractivity contribution in [3.63, 3.8) is 0 Å². The lowest BCUT2D eigenvalue weighted by Crippen LogP contribution is -2.48. The van der Waals surface area contributed by atoms with Crippen LogP contribution in [-0.4, -0.2) is 34.1 Å². The van der Waals surface area contributed by atoms with Gasteiger partial charge in [-0.05, 0) is 23.8 Å². The minimum Gasteiger partial charge on any atom is -0.481 e. The molecule has 1 fully saturated rings. The van der Waals surface area contributed by atoms with Gasteiger partial charge >= 0.3 is 11.9 Å². The second kappa shape index (κ2) is 6.47. The summed E-state index contributed by atoms with van der Waals surface area (Å²) in [5, 5.41) is 21.3. The molecule has 0 saturated heterocycles. The largest absolute Gasteiger partial charge is 0.481 e. The summed E-state index contributed by atoms with van der Waals surface area (Å²) in [6.45, 7) is 0. The molecule has 126 valence electrons. The van der Waals surface area contributed by atoms with Gasteiger partial charge in [0.15, 0.2) is 0 Å². The maximum atomic E-state index is 12.6. The molecule has 3 rings (SSSR count). The minimum absolute atomic E-state index is 0.123. The summed E-state index contributed by atoms with van der Waals surface area (Å²) in [5.41, 5.74) is 0.799. The Hall–Kier alpha value is -2.63. The summed E-state index contributed by atoms with van der Waals surface area (Å²) in [6.07, 6.45) is 4.54. The molecule has 0 radical (unpaired) electrons. The maximum absolute atomic E-state index is 12.6. The summed E-state index contributed by atoms with van der Waals surface area (Å²) >= 11 is 0. The highest BCUT2D eigenvalue weighted by Gasteiger charge is 2.52. The van der Waals surface area contributed by atoms with Crippen LogP contribution in [-0.2, 0) is 20.8 Å². The van der Waals surface area contributed by atoms with E-state index in [4.69, 9.17) is 0 Å². The third kappa shape index (κ3) is 3.04. The van der Waals surface area contributed by atoms with E-state index in [2.05, 4.69) is 5.32 Å². The van der Waals surface area contributed by atoms with Crippen LogP contribution in [0.2, 0.25) is 0 Å². The smallest absolute Gasteiger partial charge is 0.326 e. The SMILES string of the molecule is O=C(O)[C@@H]1[C@@H](C(=O)N[C@H](Cc2ccccc2)C(=O)O)[C@H]2C=C[C@H]1C2. The van der Waals surface area contributed by atoms with Crippen molar-refractivity contribution >= 4 is 17.8 Å². The normalized spacial score (nSPS) is 28.5. The molecule has 0 aliphatic heterocycles. The molecule has 6 heteroatoms. The van der Waals surface area contributed by atoms with Crippen LogP contribution in [0.3, 0.4) is 0 Å². The molecule has 0 aromatic heterocycles. The highest BCUT2D eigenvalue weighted by molar-refractivity contribution is 5.89.